The van der Waals surface area contributed by atoms with Crippen LogP contribution in [-0.2, 0) is 14.3 Å². The van der Waals surface area contributed by atoms with Crippen LogP contribution in [-0.4, -0.2) is 43.0 Å². The summed E-state index contributed by atoms with van der Waals surface area (Å²) >= 11 is 1.77. The molecule has 2 rings (SSSR count). The van der Waals surface area contributed by atoms with Crippen LogP contribution in [0.2, 0.25) is 0 Å². The van der Waals surface area contributed by atoms with Gasteiger partial charge in [-0.15, -0.1) is 0 Å². The maximum absolute atomic E-state index is 11.6. The molecule has 5 heteroatoms. The number of amides is 1. The molecule has 0 aromatic rings. The Morgan fingerprint density at radius 2 is 2.22 bits per heavy atom. The van der Waals surface area contributed by atoms with Crippen molar-refractivity contribution in [1.82, 2.24) is 5.32 Å². The molecule has 1 atom stereocenters. The van der Waals surface area contributed by atoms with Gasteiger partial charge in [-0.1, -0.05) is 0 Å². The molecule has 0 bridgehead atoms. The van der Waals surface area contributed by atoms with Gasteiger partial charge in [0.2, 0.25) is 5.91 Å². The van der Waals surface area contributed by atoms with Gasteiger partial charge in [0.25, 0.3) is 0 Å². The van der Waals surface area contributed by atoms with Crippen LogP contribution < -0.4 is 5.32 Å². The lowest BCUT2D eigenvalue weighted by molar-refractivity contribution is -0.161. The molecule has 1 spiro atoms. The van der Waals surface area contributed by atoms with Gasteiger partial charge >= 0.3 is 0 Å². The maximum Gasteiger partial charge on any atom is 0.220 e. The summed E-state index contributed by atoms with van der Waals surface area (Å²) in [6.45, 7) is 1.20. The van der Waals surface area contributed by atoms with Gasteiger partial charge in [0, 0.05) is 25.8 Å². The second-order valence-corrected chi connectivity index (χ2v) is 6.05. The van der Waals surface area contributed by atoms with E-state index >= 15 is 0 Å². The van der Waals surface area contributed by atoms with Crippen LogP contribution in [0, 0.1) is 0 Å². The Bertz CT molecular complexity index is 279. The Morgan fingerprint density at radius 1 is 1.44 bits per heavy atom. The summed E-state index contributed by atoms with van der Waals surface area (Å²) in [7, 11) is 0. The van der Waals surface area contributed by atoms with Gasteiger partial charge in [0.1, 0.15) is 6.10 Å². The molecule has 4 nitrogen and oxygen atoms in total. The van der Waals surface area contributed by atoms with Gasteiger partial charge in [-0.05, 0) is 31.3 Å². The van der Waals surface area contributed by atoms with Crippen molar-refractivity contribution < 1.29 is 14.3 Å². The van der Waals surface area contributed by atoms with Gasteiger partial charge in [0.05, 0.1) is 6.61 Å². The average molecular weight is 273 g/mol. The number of carbonyl (C=O) groups is 1. The highest BCUT2D eigenvalue weighted by molar-refractivity contribution is 7.98. The quantitative estimate of drug-likeness (QED) is 0.751. The van der Waals surface area contributed by atoms with E-state index in [-0.39, 0.29) is 17.8 Å². The molecule has 0 unspecified atom stereocenters. The van der Waals surface area contributed by atoms with E-state index in [2.05, 4.69) is 11.6 Å². The summed E-state index contributed by atoms with van der Waals surface area (Å²) in [6, 6.07) is 0. The molecule has 1 aliphatic carbocycles. The molecular formula is C13H23NO3S. The number of hydrogen-bond donors (Lipinski definition) is 1. The van der Waals surface area contributed by atoms with E-state index in [0.717, 1.165) is 25.0 Å². The van der Waals surface area contributed by atoms with Gasteiger partial charge in [-0.3, -0.25) is 4.79 Å². The Labute approximate surface area is 113 Å². The van der Waals surface area contributed by atoms with E-state index in [0.29, 0.717) is 19.6 Å². The van der Waals surface area contributed by atoms with Crippen LogP contribution in [0.15, 0.2) is 0 Å². The van der Waals surface area contributed by atoms with E-state index in [4.69, 9.17) is 9.47 Å². The summed E-state index contributed by atoms with van der Waals surface area (Å²) in [6.07, 6.45) is 8.03. The second-order valence-electron chi connectivity index (χ2n) is 5.07. The van der Waals surface area contributed by atoms with Crippen molar-refractivity contribution in [3.05, 3.63) is 0 Å². The van der Waals surface area contributed by atoms with Crippen LogP contribution >= 0.6 is 11.8 Å². The minimum absolute atomic E-state index is 0.0348. The zero-order valence-corrected chi connectivity index (χ0v) is 11.9. The molecular weight excluding hydrogens is 250 g/mol. The number of nitrogens with one attached hydrogen (secondary N) is 1. The highest BCUT2D eigenvalue weighted by Gasteiger charge is 2.43. The average Bonchev–Trinajstić information content (AvgIpc) is 2.98. The fourth-order valence-corrected chi connectivity index (χ4v) is 3.02. The molecule has 104 valence electrons. The van der Waals surface area contributed by atoms with Crippen LogP contribution in [0.1, 0.15) is 38.5 Å². The van der Waals surface area contributed by atoms with Gasteiger partial charge in [-0.2, -0.15) is 11.8 Å². The number of ether oxygens (including phenoxy) is 2. The number of thioether (sulfide) groups is 1. The number of hydrogen-bond acceptors (Lipinski definition) is 4. The Balaban J connectivity index is 1.61. The van der Waals surface area contributed by atoms with E-state index in [9.17, 15) is 4.79 Å². The third-order valence-electron chi connectivity index (χ3n) is 3.56. The van der Waals surface area contributed by atoms with E-state index in [1.54, 1.807) is 11.8 Å². The summed E-state index contributed by atoms with van der Waals surface area (Å²) < 4.78 is 11.7. The largest absolute Gasteiger partial charge is 0.353 e. The first-order chi connectivity index (χ1) is 8.74. The van der Waals surface area contributed by atoms with Crippen molar-refractivity contribution in [2.75, 3.05) is 25.2 Å². The molecule has 2 aliphatic rings. The Morgan fingerprint density at radius 3 is 2.94 bits per heavy atom. The topological polar surface area (TPSA) is 47.6 Å². The lowest BCUT2D eigenvalue weighted by atomic mass is 10.2. The van der Waals surface area contributed by atoms with Crippen molar-refractivity contribution in [2.45, 2.75) is 50.4 Å². The van der Waals surface area contributed by atoms with Crippen molar-refractivity contribution >= 4 is 17.7 Å². The van der Waals surface area contributed by atoms with Crippen molar-refractivity contribution in [3.8, 4) is 0 Å². The van der Waals surface area contributed by atoms with Crippen LogP contribution in [0.3, 0.4) is 0 Å². The highest BCUT2D eigenvalue weighted by atomic mass is 32.2. The van der Waals surface area contributed by atoms with Gasteiger partial charge < -0.3 is 14.8 Å². The number of rotatable bonds is 6. The van der Waals surface area contributed by atoms with Crippen LogP contribution in [0.5, 0.6) is 0 Å². The summed E-state index contributed by atoms with van der Waals surface area (Å²) in [5.41, 5.74) is 0. The van der Waals surface area contributed by atoms with Crippen molar-refractivity contribution in [2.24, 2.45) is 0 Å². The molecule has 1 saturated carbocycles. The summed E-state index contributed by atoms with van der Waals surface area (Å²) in [5.74, 6) is 0.855. The lowest BCUT2D eigenvalue weighted by Gasteiger charge is -2.21. The third kappa shape index (κ3) is 3.87. The molecule has 1 amide bonds. The first-order valence-electron chi connectivity index (χ1n) is 6.81. The molecule has 1 heterocycles. The maximum atomic E-state index is 11.6. The van der Waals surface area contributed by atoms with E-state index in [1.807, 2.05) is 0 Å². The van der Waals surface area contributed by atoms with Gasteiger partial charge in [0.15, 0.2) is 5.79 Å². The molecule has 18 heavy (non-hydrogen) atoms. The molecule has 1 saturated heterocycles. The molecule has 1 aliphatic heterocycles. The molecule has 2 fully saturated rings. The third-order valence-corrected chi connectivity index (χ3v) is 4.26. The zero-order chi connectivity index (χ0) is 12.8. The Kier molecular flexibility index (Phi) is 5.33. The molecule has 1 N–H and O–H groups in total. The minimum atomic E-state index is -0.311. The molecule has 0 aromatic carbocycles. The lowest BCUT2D eigenvalue weighted by Crippen LogP contribution is -2.35. The zero-order valence-electron chi connectivity index (χ0n) is 11.1. The fourth-order valence-electron chi connectivity index (χ4n) is 2.59. The predicted molar refractivity (Wildman–Crippen MR) is 72.6 cm³/mol. The fraction of sp³-hybridized carbons (Fsp3) is 0.923. The van der Waals surface area contributed by atoms with Gasteiger partial charge in [-0.25, -0.2) is 0 Å². The highest BCUT2D eigenvalue weighted by Crippen LogP contribution is 2.38. The van der Waals surface area contributed by atoms with Crippen LogP contribution in [0.25, 0.3) is 0 Å². The van der Waals surface area contributed by atoms with Crippen LogP contribution in [0.4, 0.5) is 0 Å². The van der Waals surface area contributed by atoms with Crippen molar-refractivity contribution in [3.63, 3.8) is 0 Å². The monoisotopic (exact) mass is 273 g/mol. The molecule has 0 radical (unpaired) electrons. The first kappa shape index (κ1) is 14.2. The second kappa shape index (κ2) is 6.78. The van der Waals surface area contributed by atoms with E-state index < -0.39 is 0 Å². The predicted octanol–water partition coefficient (Wildman–Crippen LogP) is 1.93. The molecule has 0 aromatic heterocycles. The first-order valence-corrected chi connectivity index (χ1v) is 8.21. The summed E-state index contributed by atoms with van der Waals surface area (Å²) in [4.78, 5) is 11.6. The summed E-state index contributed by atoms with van der Waals surface area (Å²) in [5, 5.41) is 2.94. The van der Waals surface area contributed by atoms with E-state index in [1.165, 1.54) is 12.8 Å². The smallest absolute Gasteiger partial charge is 0.220 e. The standard InChI is InChI=1S/C13H23NO3S/c1-18-8-4-5-12(15)14-9-11-10-16-13(17-11)6-2-3-7-13/h11H,2-10H2,1H3,(H,14,15)/t11-/m0/s1. The number of carbonyl (C=O) groups excluding carboxylic acids is 1. The SMILES string of the molecule is CSCCCC(=O)NC[C@H]1COC2(CCCC2)O1. The normalized spacial score (nSPS) is 25.7. The van der Waals surface area contributed by atoms with Crippen molar-refractivity contribution in [1.29, 1.82) is 0 Å². The Hall–Kier alpha value is -0.260. The minimum Gasteiger partial charge on any atom is -0.353 e.